The molecule has 0 saturated heterocycles. The fourth-order valence-corrected chi connectivity index (χ4v) is 2.12. The second-order valence-electron chi connectivity index (χ2n) is 4.03. The van der Waals surface area contributed by atoms with Gasteiger partial charge in [-0.25, -0.2) is 0 Å². The average Bonchev–Trinajstić information content (AvgIpc) is 2.33. The van der Waals surface area contributed by atoms with E-state index in [4.69, 9.17) is 0 Å². The molecule has 0 radical (unpaired) electrons. The van der Waals surface area contributed by atoms with Crippen molar-refractivity contribution < 1.29 is 22.7 Å². The number of ketones is 1. The Morgan fingerprint density at radius 1 is 1.42 bits per heavy atom. The minimum absolute atomic E-state index is 0.196. The molecule has 106 valence electrons. The van der Waals surface area contributed by atoms with Gasteiger partial charge in [-0.2, -0.15) is 11.8 Å². The maximum absolute atomic E-state index is 12.1. The minimum Gasteiger partial charge on any atom is -0.406 e. The first-order valence-corrected chi connectivity index (χ1v) is 6.87. The van der Waals surface area contributed by atoms with Gasteiger partial charge in [0.2, 0.25) is 0 Å². The number of carbonyl (C=O) groups is 1. The summed E-state index contributed by atoms with van der Waals surface area (Å²) in [6.07, 6.45) is -3.80. The Labute approximate surface area is 114 Å². The smallest absolute Gasteiger partial charge is 0.406 e. The molecule has 6 heteroatoms. The summed E-state index contributed by atoms with van der Waals surface area (Å²) in [7, 11) is 0. The summed E-state index contributed by atoms with van der Waals surface area (Å²) in [5, 5.41) is 0.346. The maximum Gasteiger partial charge on any atom is 0.573 e. The molecule has 0 N–H and O–H groups in total. The van der Waals surface area contributed by atoms with Gasteiger partial charge in [-0.1, -0.05) is 26.0 Å². The normalized spacial score (nSPS) is 13.1. The molecular formula is C13H15F3O2S. The van der Waals surface area contributed by atoms with Gasteiger partial charge in [0.25, 0.3) is 0 Å². The molecular weight excluding hydrogens is 277 g/mol. The SMILES string of the molecule is CCC(C)SCC(=O)c1cccc(OC(F)(F)F)c1. The number of halogens is 3. The first-order chi connectivity index (χ1) is 8.81. The van der Waals surface area contributed by atoms with E-state index in [1.165, 1.54) is 30.0 Å². The number of hydrogen-bond donors (Lipinski definition) is 0. The Morgan fingerprint density at radius 3 is 2.68 bits per heavy atom. The highest BCUT2D eigenvalue weighted by molar-refractivity contribution is 8.00. The molecule has 0 aliphatic heterocycles. The highest BCUT2D eigenvalue weighted by Gasteiger charge is 2.31. The Hall–Kier alpha value is -1.17. The summed E-state index contributed by atoms with van der Waals surface area (Å²) < 4.78 is 40.0. The van der Waals surface area contributed by atoms with Crippen LogP contribution in [0.2, 0.25) is 0 Å². The molecule has 0 aliphatic carbocycles. The predicted octanol–water partition coefficient (Wildman–Crippen LogP) is 4.30. The van der Waals surface area contributed by atoms with Crippen molar-refractivity contribution >= 4 is 17.5 Å². The van der Waals surface area contributed by atoms with Crippen LogP contribution >= 0.6 is 11.8 Å². The molecule has 0 amide bonds. The van der Waals surface area contributed by atoms with E-state index in [-0.39, 0.29) is 22.8 Å². The van der Waals surface area contributed by atoms with Crippen molar-refractivity contribution in [1.82, 2.24) is 0 Å². The third-order valence-electron chi connectivity index (χ3n) is 2.46. The molecule has 1 atom stereocenters. The predicted molar refractivity (Wildman–Crippen MR) is 69.7 cm³/mol. The lowest BCUT2D eigenvalue weighted by Gasteiger charge is -2.10. The second-order valence-corrected chi connectivity index (χ2v) is 5.46. The molecule has 1 unspecified atom stereocenters. The van der Waals surface area contributed by atoms with E-state index >= 15 is 0 Å². The van der Waals surface area contributed by atoms with Crippen molar-refractivity contribution in [1.29, 1.82) is 0 Å². The van der Waals surface area contributed by atoms with Crippen LogP contribution in [0.4, 0.5) is 13.2 Å². The summed E-state index contributed by atoms with van der Waals surface area (Å²) in [6, 6.07) is 5.16. The van der Waals surface area contributed by atoms with Crippen molar-refractivity contribution in [2.45, 2.75) is 31.9 Å². The Bertz CT molecular complexity index is 432. The fraction of sp³-hybridized carbons (Fsp3) is 0.462. The van der Waals surface area contributed by atoms with Gasteiger partial charge in [0.05, 0.1) is 5.75 Å². The number of rotatable bonds is 6. The third kappa shape index (κ3) is 6.00. The van der Waals surface area contributed by atoms with Crippen molar-refractivity contribution in [2.24, 2.45) is 0 Å². The van der Waals surface area contributed by atoms with E-state index in [1.54, 1.807) is 0 Å². The molecule has 0 heterocycles. The van der Waals surface area contributed by atoms with Crippen LogP contribution in [0.1, 0.15) is 30.6 Å². The van der Waals surface area contributed by atoms with Crippen molar-refractivity contribution in [3.63, 3.8) is 0 Å². The van der Waals surface area contributed by atoms with E-state index in [0.29, 0.717) is 5.25 Å². The van der Waals surface area contributed by atoms with Crippen LogP contribution in [0.25, 0.3) is 0 Å². The van der Waals surface area contributed by atoms with Gasteiger partial charge < -0.3 is 4.74 Å². The van der Waals surface area contributed by atoms with Crippen LogP contribution in [0.3, 0.4) is 0 Å². The second kappa shape index (κ2) is 6.84. The fourth-order valence-electron chi connectivity index (χ4n) is 1.29. The number of thioether (sulfide) groups is 1. The highest BCUT2D eigenvalue weighted by Crippen LogP contribution is 2.24. The van der Waals surface area contributed by atoms with Crippen LogP contribution in [-0.4, -0.2) is 23.1 Å². The largest absolute Gasteiger partial charge is 0.573 e. The standard InChI is InChI=1S/C13H15F3O2S/c1-3-9(2)19-8-12(17)10-5-4-6-11(7-10)18-13(14,15)16/h4-7,9H,3,8H2,1-2H3. The zero-order valence-corrected chi connectivity index (χ0v) is 11.5. The summed E-state index contributed by atoms with van der Waals surface area (Å²) in [4.78, 5) is 11.8. The van der Waals surface area contributed by atoms with Crippen LogP contribution in [0.15, 0.2) is 24.3 Å². The molecule has 0 fully saturated rings. The van der Waals surface area contributed by atoms with Crippen molar-refractivity contribution in [2.75, 3.05) is 5.75 Å². The molecule has 0 spiro atoms. The van der Waals surface area contributed by atoms with E-state index in [9.17, 15) is 18.0 Å². The minimum atomic E-state index is -4.74. The summed E-state index contributed by atoms with van der Waals surface area (Å²) in [5.41, 5.74) is 0.234. The van der Waals surface area contributed by atoms with Gasteiger partial charge in [0.15, 0.2) is 5.78 Å². The summed E-state index contributed by atoms with van der Waals surface area (Å²) in [6.45, 7) is 4.01. The lowest BCUT2D eigenvalue weighted by atomic mass is 10.1. The first-order valence-electron chi connectivity index (χ1n) is 5.82. The van der Waals surface area contributed by atoms with Gasteiger partial charge >= 0.3 is 6.36 Å². The molecule has 19 heavy (non-hydrogen) atoms. The number of carbonyl (C=O) groups excluding carboxylic acids is 1. The van der Waals surface area contributed by atoms with E-state index in [2.05, 4.69) is 4.74 Å². The molecule has 0 aromatic heterocycles. The van der Waals surface area contributed by atoms with Crippen LogP contribution in [-0.2, 0) is 0 Å². The van der Waals surface area contributed by atoms with Crippen LogP contribution in [0.5, 0.6) is 5.75 Å². The van der Waals surface area contributed by atoms with E-state index < -0.39 is 6.36 Å². The Morgan fingerprint density at radius 2 is 2.11 bits per heavy atom. The summed E-state index contributed by atoms with van der Waals surface area (Å²) >= 11 is 1.49. The van der Waals surface area contributed by atoms with Crippen molar-refractivity contribution in [3.8, 4) is 5.75 Å². The number of Topliss-reactive ketones (excluding diaryl/α,β-unsaturated/α-hetero) is 1. The molecule has 0 bridgehead atoms. The quantitative estimate of drug-likeness (QED) is 0.731. The molecule has 1 rings (SSSR count). The number of hydrogen-bond acceptors (Lipinski definition) is 3. The molecule has 2 nitrogen and oxygen atoms in total. The maximum atomic E-state index is 12.1. The topological polar surface area (TPSA) is 26.3 Å². The van der Waals surface area contributed by atoms with E-state index in [0.717, 1.165) is 12.5 Å². The van der Waals surface area contributed by atoms with Gasteiger partial charge in [0, 0.05) is 10.8 Å². The van der Waals surface area contributed by atoms with Crippen molar-refractivity contribution in [3.05, 3.63) is 29.8 Å². The van der Waals surface area contributed by atoms with E-state index in [1.807, 2.05) is 13.8 Å². The lowest BCUT2D eigenvalue weighted by Crippen LogP contribution is -2.17. The molecule has 1 aromatic carbocycles. The summed E-state index contributed by atoms with van der Waals surface area (Å²) in [5.74, 6) is -0.311. The number of benzene rings is 1. The number of alkyl halides is 3. The van der Waals surface area contributed by atoms with Gasteiger partial charge in [0.1, 0.15) is 5.75 Å². The monoisotopic (exact) mass is 292 g/mol. The molecule has 1 aromatic rings. The van der Waals surface area contributed by atoms with Crippen LogP contribution in [0, 0.1) is 0 Å². The molecule has 0 saturated carbocycles. The average molecular weight is 292 g/mol. The third-order valence-corrected chi connectivity index (χ3v) is 3.79. The molecule has 0 aliphatic rings. The number of ether oxygens (including phenoxy) is 1. The Kier molecular flexibility index (Phi) is 5.72. The Balaban J connectivity index is 2.68. The first kappa shape index (κ1) is 15.9. The zero-order valence-electron chi connectivity index (χ0n) is 10.7. The van der Waals surface area contributed by atoms with Gasteiger partial charge in [-0.15, -0.1) is 13.2 Å². The van der Waals surface area contributed by atoms with Gasteiger partial charge in [-0.3, -0.25) is 4.79 Å². The van der Waals surface area contributed by atoms with Crippen LogP contribution < -0.4 is 4.74 Å². The lowest BCUT2D eigenvalue weighted by molar-refractivity contribution is -0.274. The zero-order chi connectivity index (χ0) is 14.5. The van der Waals surface area contributed by atoms with Gasteiger partial charge in [-0.05, 0) is 18.6 Å². The highest BCUT2D eigenvalue weighted by atomic mass is 32.2.